The minimum Gasteiger partial charge on any atom is -0.335 e. The first kappa shape index (κ1) is 20.0. The van der Waals surface area contributed by atoms with Crippen LogP contribution < -0.4 is 0 Å². The minimum absolute atomic E-state index is 0.00850. The first-order chi connectivity index (χ1) is 14.0. The second-order valence-corrected chi connectivity index (χ2v) is 9.59. The van der Waals surface area contributed by atoms with Crippen molar-refractivity contribution >= 4 is 15.9 Å². The lowest BCUT2D eigenvalue weighted by Gasteiger charge is -2.34. The van der Waals surface area contributed by atoms with Crippen LogP contribution in [0.15, 0.2) is 53.7 Å². The lowest BCUT2D eigenvalue weighted by molar-refractivity contribution is -0.138. The predicted molar refractivity (Wildman–Crippen MR) is 106 cm³/mol. The smallest absolute Gasteiger partial charge is 0.244 e. The van der Waals surface area contributed by atoms with Gasteiger partial charge < -0.3 is 4.90 Å². The molecular weight excluding hydrogens is 393 g/mol. The van der Waals surface area contributed by atoms with E-state index < -0.39 is 10.0 Å². The highest BCUT2D eigenvalue weighted by Crippen LogP contribution is 2.33. The molecule has 0 unspecified atom stereocenters. The number of piperidine rings is 1. The van der Waals surface area contributed by atoms with Gasteiger partial charge in [0.05, 0.1) is 0 Å². The molecular formula is C21H24FN3O3S. The number of pyridine rings is 1. The number of amides is 1. The highest BCUT2D eigenvalue weighted by atomic mass is 32.2. The average molecular weight is 418 g/mol. The third-order valence-electron chi connectivity index (χ3n) is 5.64. The maximum atomic E-state index is 14.1. The van der Waals surface area contributed by atoms with Gasteiger partial charge in [0.1, 0.15) is 10.7 Å². The van der Waals surface area contributed by atoms with Gasteiger partial charge in [0.25, 0.3) is 0 Å². The molecule has 8 heteroatoms. The fourth-order valence-corrected chi connectivity index (χ4v) is 5.24. The van der Waals surface area contributed by atoms with E-state index >= 15 is 0 Å². The third kappa shape index (κ3) is 4.33. The number of carbonyl (C=O) groups excluding carboxylic acids is 1. The summed E-state index contributed by atoms with van der Waals surface area (Å²) in [6, 6.07) is 9.82. The molecule has 4 rings (SSSR count). The zero-order chi connectivity index (χ0) is 20.4. The van der Waals surface area contributed by atoms with Gasteiger partial charge in [-0.2, -0.15) is 4.31 Å². The molecule has 154 valence electrons. The maximum Gasteiger partial charge on any atom is 0.244 e. The first-order valence-corrected chi connectivity index (χ1v) is 11.3. The lowest BCUT2D eigenvalue weighted by atomic mass is 9.96. The Labute approximate surface area is 170 Å². The molecule has 2 fully saturated rings. The van der Waals surface area contributed by atoms with Crippen molar-refractivity contribution in [2.45, 2.75) is 43.2 Å². The molecule has 1 aliphatic heterocycles. The fourth-order valence-electron chi connectivity index (χ4n) is 3.81. The number of carbonyl (C=O) groups is 1. The van der Waals surface area contributed by atoms with Crippen molar-refractivity contribution in [3.63, 3.8) is 0 Å². The van der Waals surface area contributed by atoms with Crippen molar-refractivity contribution in [1.29, 1.82) is 0 Å². The molecule has 2 aliphatic rings. The molecule has 2 aromatic rings. The summed E-state index contributed by atoms with van der Waals surface area (Å²) in [6.07, 6.45) is 5.70. The monoisotopic (exact) mass is 417 g/mol. The molecule has 0 bridgehead atoms. The summed E-state index contributed by atoms with van der Waals surface area (Å²) in [4.78, 5) is 19.0. The first-order valence-electron chi connectivity index (χ1n) is 9.91. The van der Waals surface area contributed by atoms with E-state index in [1.807, 2.05) is 0 Å². The summed E-state index contributed by atoms with van der Waals surface area (Å²) in [6.45, 7) is 0.863. The number of halogens is 1. The van der Waals surface area contributed by atoms with Gasteiger partial charge in [0.2, 0.25) is 15.9 Å². The number of sulfonamides is 1. The number of hydrogen-bond donors (Lipinski definition) is 0. The molecule has 1 saturated carbocycles. The quantitative estimate of drug-likeness (QED) is 0.725. The fraction of sp³-hybridized carbons (Fsp3) is 0.429. The highest BCUT2D eigenvalue weighted by Gasteiger charge is 2.39. The number of rotatable bonds is 6. The molecule has 1 aliphatic carbocycles. The van der Waals surface area contributed by atoms with Crippen molar-refractivity contribution in [3.8, 4) is 0 Å². The van der Waals surface area contributed by atoms with Gasteiger partial charge in [-0.3, -0.25) is 9.78 Å². The number of nitrogens with zero attached hydrogens (tertiary/aromatic N) is 3. The van der Waals surface area contributed by atoms with Gasteiger partial charge in [-0.05, 0) is 43.9 Å². The number of aromatic nitrogens is 1. The van der Waals surface area contributed by atoms with Crippen molar-refractivity contribution in [2.75, 3.05) is 13.1 Å². The largest absolute Gasteiger partial charge is 0.335 e. The normalized spacial score (nSPS) is 18.5. The van der Waals surface area contributed by atoms with Gasteiger partial charge in [-0.15, -0.1) is 0 Å². The zero-order valence-electron chi connectivity index (χ0n) is 16.1. The summed E-state index contributed by atoms with van der Waals surface area (Å²) in [5.41, 5.74) is 0.518. The summed E-state index contributed by atoms with van der Waals surface area (Å²) in [5, 5.41) is 0. The summed E-state index contributed by atoms with van der Waals surface area (Å²) >= 11 is 0. The minimum atomic E-state index is -3.59. The molecule has 1 aromatic carbocycles. The number of benzene rings is 1. The van der Waals surface area contributed by atoms with E-state index in [1.54, 1.807) is 29.2 Å². The van der Waals surface area contributed by atoms with Crippen LogP contribution in [0.3, 0.4) is 0 Å². The van der Waals surface area contributed by atoms with Crippen molar-refractivity contribution in [1.82, 2.24) is 14.2 Å². The van der Waals surface area contributed by atoms with Crippen molar-refractivity contribution in [3.05, 3.63) is 60.2 Å². The molecule has 0 spiro atoms. The van der Waals surface area contributed by atoms with E-state index in [2.05, 4.69) is 4.98 Å². The standard InChI is InChI=1S/C21H24FN3O3S/c22-20-6-2-1-4-17(20)15-25(18-7-8-18)21(26)16-9-12-24(13-10-16)29(27,28)19-5-3-11-23-14-19/h1-6,11,14,16,18H,7-10,12-13,15H2. The molecule has 0 atom stereocenters. The lowest BCUT2D eigenvalue weighted by Crippen LogP contribution is -2.44. The number of hydrogen-bond acceptors (Lipinski definition) is 4. The van der Waals surface area contributed by atoms with Crippen LogP contribution in [0, 0.1) is 11.7 Å². The molecule has 0 radical (unpaired) electrons. The van der Waals surface area contributed by atoms with E-state index in [-0.39, 0.29) is 35.1 Å². The van der Waals surface area contributed by atoms with E-state index in [0.717, 1.165) is 12.8 Å². The molecule has 1 saturated heterocycles. The second kappa shape index (κ2) is 8.20. The Morgan fingerprint density at radius 3 is 2.45 bits per heavy atom. The second-order valence-electron chi connectivity index (χ2n) is 7.66. The Hall–Kier alpha value is -2.32. The Bertz CT molecular complexity index is 972. The molecule has 1 amide bonds. The topological polar surface area (TPSA) is 70.6 Å². The summed E-state index contributed by atoms with van der Waals surface area (Å²) in [5.74, 6) is -0.528. The maximum absolute atomic E-state index is 14.1. The van der Waals surface area contributed by atoms with Gasteiger partial charge in [-0.1, -0.05) is 18.2 Å². The SMILES string of the molecule is O=C(C1CCN(S(=O)(=O)c2cccnc2)CC1)N(Cc1ccccc1F)C1CC1. The van der Waals surface area contributed by atoms with Gasteiger partial charge >= 0.3 is 0 Å². The van der Waals surface area contributed by atoms with Crippen LogP contribution in [0.25, 0.3) is 0 Å². The van der Waals surface area contributed by atoms with E-state index in [4.69, 9.17) is 0 Å². The van der Waals surface area contributed by atoms with Crippen LogP contribution in [0.1, 0.15) is 31.2 Å². The van der Waals surface area contributed by atoms with Crippen LogP contribution in [0.5, 0.6) is 0 Å². The van der Waals surface area contributed by atoms with Gasteiger partial charge in [-0.25, -0.2) is 12.8 Å². The summed E-state index contributed by atoms with van der Waals surface area (Å²) in [7, 11) is -3.59. The molecule has 29 heavy (non-hydrogen) atoms. The Morgan fingerprint density at radius 2 is 1.83 bits per heavy atom. The highest BCUT2D eigenvalue weighted by molar-refractivity contribution is 7.89. The predicted octanol–water partition coefficient (Wildman–Crippen LogP) is 2.81. The van der Waals surface area contributed by atoms with Gasteiger partial charge in [0, 0.05) is 49.6 Å². The van der Waals surface area contributed by atoms with Crippen LogP contribution >= 0.6 is 0 Å². The summed E-state index contributed by atoms with van der Waals surface area (Å²) < 4.78 is 41.0. The molecule has 1 aromatic heterocycles. The molecule has 2 heterocycles. The van der Waals surface area contributed by atoms with Gasteiger partial charge in [0.15, 0.2) is 0 Å². The van der Waals surface area contributed by atoms with E-state index in [1.165, 1.54) is 28.8 Å². The van der Waals surface area contributed by atoms with Crippen LogP contribution in [0.2, 0.25) is 0 Å². The van der Waals surface area contributed by atoms with E-state index in [0.29, 0.717) is 31.5 Å². The Morgan fingerprint density at radius 1 is 1.10 bits per heavy atom. The molecule has 0 N–H and O–H groups in total. The van der Waals surface area contributed by atoms with Crippen molar-refractivity contribution in [2.24, 2.45) is 5.92 Å². The molecule has 6 nitrogen and oxygen atoms in total. The Kier molecular flexibility index (Phi) is 5.65. The zero-order valence-corrected chi connectivity index (χ0v) is 16.9. The van der Waals surface area contributed by atoms with Crippen LogP contribution in [-0.2, 0) is 21.4 Å². The third-order valence-corrected chi connectivity index (χ3v) is 7.53. The average Bonchev–Trinajstić information content (AvgIpc) is 3.59. The van der Waals surface area contributed by atoms with E-state index in [9.17, 15) is 17.6 Å². The van der Waals surface area contributed by atoms with Crippen LogP contribution in [0.4, 0.5) is 4.39 Å². The van der Waals surface area contributed by atoms with Crippen LogP contribution in [-0.4, -0.2) is 47.6 Å². The van der Waals surface area contributed by atoms with Crippen molar-refractivity contribution < 1.29 is 17.6 Å². The Balaban J connectivity index is 1.42.